The summed E-state index contributed by atoms with van der Waals surface area (Å²) in [6, 6.07) is 4.03. The van der Waals surface area contributed by atoms with E-state index in [1.54, 1.807) is 30.6 Å². The summed E-state index contributed by atoms with van der Waals surface area (Å²) in [7, 11) is 0. The molecule has 0 spiro atoms. The van der Waals surface area contributed by atoms with E-state index in [2.05, 4.69) is 29.2 Å². The van der Waals surface area contributed by atoms with Crippen LogP contribution in [0.2, 0.25) is 0 Å². The van der Waals surface area contributed by atoms with Crippen molar-refractivity contribution in [1.29, 1.82) is 0 Å². The number of rotatable bonds is 7. The van der Waals surface area contributed by atoms with E-state index < -0.39 is 23.6 Å². The number of carbonyl (C=O) groups excluding carboxylic acids is 3. The molecule has 0 bridgehead atoms. The van der Waals surface area contributed by atoms with Gasteiger partial charge in [-0.2, -0.15) is 13.8 Å². The SMILES string of the molecule is NC(=O)C(=O)C(Cc1cn[nH]c1)NC(=O)c1nsnc1-c1ccccn1. The Bertz CT molecular complexity index is 924. The molecule has 0 aromatic carbocycles. The number of nitrogens with one attached hydrogen (secondary N) is 2. The number of primary amides is 1. The molecule has 3 rings (SSSR count). The Kier molecular flexibility index (Phi) is 5.08. The number of pyridine rings is 1. The number of carbonyl (C=O) groups is 3. The Morgan fingerprint density at radius 1 is 1.27 bits per heavy atom. The van der Waals surface area contributed by atoms with Crippen molar-refractivity contribution < 1.29 is 14.4 Å². The van der Waals surface area contributed by atoms with Gasteiger partial charge in [0.1, 0.15) is 11.7 Å². The summed E-state index contributed by atoms with van der Waals surface area (Å²) in [6.45, 7) is 0. The Balaban J connectivity index is 1.83. The van der Waals surface area contributed by atoms with E-state index in [0.717, 1.165) is 11.7 Å². The topological polar surface area (TPSA) is 157 Å². The number of hydrogen-bond donors (Lipinski definition) is 3. The highest BCUT2D eigenvalue weighted by Gasteiger charge is 2.28. The second-order valence-corrected chi connectivity index (χ2v) is 5.77. The molecular weight excluding hydrogens is 358 g/mol. The molecule has 0 aliphatic carbocycles. The lowest BCUT2D eigenvalue weighted by Crippen LogP contribution is -2.47. The number of aromatic nitrogens is 5. The van der Waals surface area contributed by atoms with E-state index in [4.69, 9.17) is 5.73 Å². The molecule has 26 heavy (non-hydrogen) atoms. The quantitative estimate of drug-likeness (QED) is 0.482. The molecule has 0 fully saturated rings. The van der Waals surface area contributed by atoms with Crippen LogP contribution >= 0.6 is 11.7 Å². The van der Waals surface area contributed by atoms with Gasteiger partial charge in [-0.05, 0) is 17.7 Å². The van der Waals surface area contributed by atoms with E-state index >= 15 is 0 Å². The van der Waals surface area contributed by atoms with Crippen molar-refractivity contribution in [2.45, 2.75) is 12.5 Å². The summed E-state index contributed by atoms with van der Waals surface area (Å²) in [5.74, 6) is -2.70. The van der Waals surface area contributed by atoms with Crippen molar-refractivity contribution in [3.63, 3.8) is 0 Å². The highest BCUT2D eigenvalue weighted by Crippen LogP contribution is 2.19. The predicted octanol–water partition coefficient (Wildman–Crippen LogP) is -0.281. The van der Waals surface area contributed by atoms with Crippen molar-refractivity contribution in [3.8, 4) is 11.4 Å². The fraction of sp³-hybridized carbons (Fsp3) is 0.133. The third-order valence-corrected chi connectivity index (χ3v) is 4.00. The molecule has 11 heteroatoms. The minimum atomic E-state index is -1.14. The normalized spacial score (nSPS) is 11.7. The van der Waals surface area contributed by atoms with Crippen molar-refractivity contribution in [2.24, 2.45) is 5.73 Å². The molecule has 10 nitrogen and oxygen atoms in total. The maximum atomic E-state index is 12.6. The molecule has 1 unspecified atom stereocenters. The van der Waals surface area contributed by atoms with Gasteiger partial charge in [0.15, 0.2) is 5.69 Å². The Labute approximate surface area is 151 Å². The minimum absolute atomic E-state index is 0.0168. The van der Waals surface area contributed by atoms with E-state index in [0.29, 0.717) is 17.0 Å². The van der Waals surface area contributed by atoms with E-state index in [1.807, 2.05) is 0 Å². The van der Waals surface area contributed by atoms with E-state index in [-0.39, 0.29) is 12.1 Å². The number of nitrogens with two attached hydrogens (primary N) is 1. The van der Waals surface area contributed by atoms with Gasteiger partial charge in [0, 0.05) is 18.8 Å². The van der Waals surface area contributed by atoms with Crippen LogP contribution in [0, 0.1) is 0 Å². The van der Waals surface area contributed by atoms with Gasteiger partial charge in [0.25, 0.3) is 11.8 Å². The van der Waals surface area contributed by atoms with Crippen LogP contribution in [0.25, 0.3) is 11.4 Å². The standard InChI is InChI=1S/C15H13N7O3S/c16-14(24)13(23)10(5-8-6-18-19-7-8)20-15(25)12-11(21-26-22-12)9-3-1-2-4-17-9/h1-4,6-7,10H,5H2,(H2,16,24)(H,18,19)(H,20,25). The summed E-state index contributed by atoms with van der Waals surface area (Å²) in [6.07, 6.45) is 4.66. The summed E-state index contributed by atoms with van der Waals surface area (Å²) in [5.41, 5.74) is 6.49. The lowest BCUT2D eigenvalue weighted by atomic mass is 10.0. The lowest BCUT2D eigenvalue weighted by Gasteiger charge is -2.14. The average molecular weight is 371 g/mol. The predicted molar refractivity (Wildman–Crippen MR) is 90.9 cm³/mol. The molecule has 3 aromatic rings. The summed E-state index contributed by atoms with van der Waals surface area (Å²) in [5, 5.41) is 8.86. The van der Waals surface area contributed by atoms with Gasteiger partial charge in [-0.15, -0.1) is 0 Å². The number of nitrogens with zero attached hydrogens (tertiary/aromatic N) is 4. The van der Waals surface area contributed by atoms with E-state index in [9.17, 15) is 14.4 Å². The third kappa shape index (κ3) is 3.78. The number of aromatic amines is 1. The van der Waals surface area contributed by atoms with Crippen LogP contribution in [-0.4, -0.2) is 47.6 Å². The Morgan fingerprint density at radius 3 is 2.77 bits per heavy atom. The number of Topliss-reactive ketones (excluding diaryl/α,β-unsaturated/α-hetero) is 1. The summed E-state index contributed by atoms with van der Waals surface area (Å²) >= 11 is 0.844. The fourth-order valence-corrected chi connectivity index (χ4v) is 2.79. The van der Waals surface area contributed by atoms with Crippen molar-refractivity contribution >= 4 is 29.3 Å². The highest BCUT2D eigenvalue weighted by atomic mass is 32.1. The van der Waals surface area contributed by atoms with Crippen molar-refractivity contribution in [2.75, 3.05) is 0 Å². The molecule has 3 heterocycles. The largest absolute Gasteiger partial charge is 0.363 e. The van der Waals surface area contributed by atoms with Gasteiger partial charge in [0.2, 0.25) is 5.78 Å². The second-order valence-electron chi connectivity index (χ2n) is 5.24. The molecule has 0 saturated heterocycles. The molecule has 2 amide bonds. The van der Waals surface area contributed by atoms with Crippen molar-refractivity contribution in [1.82, 2.24) is 29.2 Å². The van der Waals surface area contributed by atoms with Gasteiger partial charge >= 0.3 is 0 Å². The first-order chi connectivity index (χ1) is 12.6. The molecule has 0 aliphatic heterocycles. The number of hydrogen-bond acceptors (Lipinski definition) is 8. The van der Waals surface area contributed by atoms with Gasteiger partial charge in [-0.1, -0.05) is 6.07 Å². The van der Waals surface area contributed by atoms with Gasteiger partial charge < -0.3 is 11.1 Å². The first-order valence-corrected chi connectivity index (χ1v) is 8.15. The molecule has 0 saturated carbocycles. The van der Waals surface area contributed by atoms with Crippen LogP contribution in [-0.2, 0) is 16.0 Å². The molecule has 132 valence electrons. The highest BCUT2D eigenvalue weighted by molar-refractivity contribution is 6.99. The molecule has 0 radical (unpaired) electrons. The molecule has 0 aliphatic rings. The Hall–Kier alpha value is -3.47. The Morgan fingerprint density at radius 2 is 2.12 bits per heavy atom. The van der Waals surface area contributed by atoms with Gasteiger partial charge in [-0.25, -0.2) is 0 Å². The summed E-state index contributed by atoms with van der Waals surface area (Å²) < 4.78 is 8.07. The van der Waals surface area contributed by atoms with Crippen molar-refractivity contribution in [3.05, 3.63) is 48.0 Å². The van der Waals surface area contributed by atoms with Gasteiger partial charge in [0.05, 0.1) is 23.6 Å². The zero-order chi connectivity index (χ0) is 18.5. The maximum Gasteiger partial charge on any atom is 0.287 e. The minimum Gasteiger partial charge on any atom is -0.363 e. The summed E-state index contributed by atoms with van der Waals surface area (Å²) in [4.78, 5) is 40.1. The third-order valence-electron chi connectivity index (χ3n) is 3.47. The molecule has 4 N–H and O–H groups in total. The number of amides is 2. The smallest absolute Gasteiger partial charge is 0.287 e. The van der Waals surface area contributed by atoms with Crippen LogP contribution in [0.1, 0.15) is 16.1 Å². The zero-order valence-electron chi connectivity index (χ0n) is 13.2. The van der Waals surface area contributed by atoms with Gasteiger partial charge in [-0.3, -0.25) is 24.5 Å². The maximum absolute atomic E-state index is 12.6. The first-order valence-electron chi connectivity index (χ1n) is 7.42. The van der Waals surface area contributed by atoms with Crippen LogP contribution < -0.4 is 11.1 Å². The molecular formula is C15H13N7O3S. The van der Waals surface area contributed by atoms with E-state index in [1.165, 1.54) is 6.20 Å². The monoisotopic (exact) mass is 371 g/mol. The average Bonchev–Trinajstić information content (AvgIpc) is 3.32. The van der Waals surface area contributed by atoms with Crippen LogP contribution in [0.5, 0.6) is 0 Å². The number of H-pyrrole nitrogens is 1. The van der Waals surface area contributed by atoms with Crippen LogP contribution in [0.15, 0.2) is 36.8 Å². The zero-order valence-corrected chi connectivity index (χ0v) is 14.1. The second kappa shape index (κ2) is 7.61. The van der Waals surface area contributed by atoms with Crippen LogP contribution in [0.3, 0.4) is 0 Å². The van der Waals surface area contributed by atoms with Crippen LogP contribution in [0.4, 0.5) is 0 Å². The lowest BCUT2D eigenvalue weighted by molar-refractivity contribution is -0.137. The molecule has 1 atom stereocenters. The molecule has 3 aromatic heterocycles. The fourth-order valence-electron chi connectivity index (χ4n) is 2.24. The number of ketones is 1. The first kappa shape index (κ1) is 17.4.